The lowest BCUT2D eigenvalue weighted by atomic mass is 10.1. The number of carbonyl (C=O) groups is 2. The highest BCUT2D eigenvalue weighted by atomic mass is 19.4. The van der Waals surface area contributed by atoms with Gasteiger partial charge in [0.15, 0.2) is 0 Å². The molecule has 0 bridgehead atoms. The monoisotopic (exact) mass is 465 g/mol. The van der Waals surface area contributed by atoms with E-state index >= 15 is 0 Å². The predicted octanol–water partition coefficient (Wildman–Crippen LogP) is 3.73. The first-order chi connectivity index (χ1) is 15.8. The lowest BCUT2D eigenvalue weighted by Gasteiger charge is -2.35. The minimum absolute atomic E-state index is 0.0737. The van der Waals surface area contributed by atoms with Crippen molar-refractivity contribution in [2.24, 2.45) is 0 Å². The molecule has 0 aliphatic carbocycles. The highest BCUT2D eigenvalue weighted by molar-refractivity contribution is 5.94. The zero-order chi connectivity index (χ0) is 23.8. The van der Waals surface area contributed by atoms with Gasteiger partial charge >= 0.3 is 12.2 Å². The van der Waals surface area contributed by atoms with Crippen molar-refractivity contribution in [3.63, 3.8) is 0 Å². The van der Waals surface area contributed by atoms with Crippen LogP contribution in [0.2, 0.25) is 0 Å². The van der Waals surface area contributed by atoms with Crippen LogP contribution in [0.15, 0.2) is 54.6 Å². The first-order valence-electron chi connectivity index (χ1n) is 10.5. The van der Waals surface area contributed by atoms with Gasteiger partial charge in [-0.25, -0.2) is 4.79 Å². The van der Waals surface area contributed by atoms with E-state index in [0.717, 1.165) is 12.1 Å². The average Bonchev–Trinajstić information content (AvgIpc) is 2.81. The Bertz CT molecular complexity index is 940. The Balaban J connectivity index is 1.68. The van der Waals surface area contributed by atoms with Crippen molar-refractivity contribution in [1.29, 1.82) is 0 Å². The molecule has 0 saturated carbocycles. The molecule has 0 unspecified atom stereocenters. The Labute approximate surface area is 190 Å². The van der Waals surface area contributed by atoms with Gasteiger partial charge in [-0.15, -0.1) is 0 Å². The van der Waals surface area contributed by atoms with Crippen LogP contribution >= 0.6 is 0 Å². The summed E-state index contributed by atoms with van der Waals surface area (Å²) in [5.41, 5.74) is -0.305. The number of morpholine rings is 1. The van der Waals surface area contributed by atoms with Crippen molar-refractivity contribution in [1.82, 2.24) is 9.80 Å². The van der Waals surface area contributed by atoms with Crippen LogP contribution in [0.5, 0.6) is 0 Å². The van der Waals surface area contributed by atoms with Gasteiger partial charge < -0.3 is 24.6 Å². The fraction of sp³-hybridized carbons (Fsp3) is 0.391. The molecule has 1 N–H and O–H groups in total. The molecule has 1 saturated heterocycles. The van der Waals surface area contributed by atoms with Crippen LogP contribution in [0.3, 0.4) is 0 Å². The van der Waals surface area contributed by atoms with Gasteiger partial charge in [0.2, 0.25) is 0 Å². The molecule has 1 aliphatic heterocycles. The first kappa shape index (κ1) is 24.5. The van der Waals surface area contributed by atoms with Crippen LogP contribution in [-0.4, -0.2) is 74.3 Å². The molecule has 0 radical (unpaired) electrons. The van der Waals surface area contributed by atoms with Crippen LogP contribution in [0.25, 0.3) is 0 Å². The van der Waals surface area contributed by atoms with Crippen molar-refractivity contribution in [3.05, 3.63) is 65.7 Å². The van der Waals surface area contributed by atoms with Crippen molar-refractivity contribution in [2.45, 2.75) is 12.3 Å². The van der Waals surface area contributed by atoms with E-state index < -0.39 is 23.8 Å². The number of methoxy groups -OCH3 is 1. The second-order valence-electron chi connectivity index (χ2n) is 7.56. The SMILES string of the molecule is COCCN(C[C@H]1CN(C(=O)Nc2ccccc2)CCO1)C(=O)c1cccc(C(F)(F)F)c1. The zero-order valence-corrected chi connectivity index (χ0v) is 18.2. The highest BCUT2D eigenvalue weighted by Gasteiger charge is 2.32. The second kappa shape index (κ2) is 11.2. The summed E-state index contributed by atoms with van der Waals surface area (Å²) in [7, 11) is 1.47. The average molecular weight is 465 g/mol. The third-order valence-electron chi connectivity index (χ3n) is 5.16. The molecule has 0 aromatic heterocycles. The molecular weight excluding hydrogens is 439 g/mol. The lowest BCUT2D eigenvalue weighted by molar-refractivity contribution is -0.137. The minimum atomic E-state index is -4.55. The zero-order valence-electron chi connectivity index (χ0n) is 18.2. The maximum atomic E-state index is 13.1. The predicted molar refractivity (Wildman–Crippen MR) is 116 cm³/mol. The Hall–Kier alpha value is -3.11. The number of ether oxygens (including phenoxy) is 2. The summed E-state index contributed by atoms with van der Waals surface area (Å²) in [6.07, 6.45) is -5.04. The molecule has 1 atom stereocenters. The fourth-order valence-electron chi connectivity index (χ4n) is 3.47. The number of nitrogens with zero attached hydrogens (tertiary/aromatic N) is 2. The number of rotatable bonds is 7. The Morgan fingerprint density at radius 1 is 1.18 bits per heavy atom. The summed E-state index contributed by atoms with van der Waals surface area (Å²) < 4.78 is 50.0. The van der Waals surface area contributed by atoms with Crippen LogP contribution in [0.1, 0.15) is 15.9 Å². The van der Waals surface area contributed by atoms with Gasteiger partial charge in [-0.2, -0.15) is 13.2 Å². The smallest absolute Gasteiger partial charge is 0.383 e. The topological polar surface area (TPSA) is 71.1 Å². The summed E-state index contributed by atoms with van der Waals surface area (Å²) in [5.74, 6) is -0.562. The number of amides is 3. The van der Waals surface area contributed by atoms with E-state index in [9.17, 15) is 22.8 Å². The molecular formula is C23H26F3N3O4. The van der Waals surface area contributed by atoms with Crippen molar-refractivity contribution in [2.75, 3.05) is 51.8 Å². The molecule has 1 heterocycles. The van der Waals surface area contributed by atoms with Gasteiger partial charge in [0.25, 0.3) is 5.91 Å². The molecule has 10 heteroatoms. The number of carbonyl (C=O) groups excluding carboxylic acids is 2. The molecule has 33 heavy (non-hydrogen) atoms. The minimum Gasteiger partial charge on any atom is -0.383 e. The van der Waals surface area contributed by atoms with Gasteiger partial charge in [0.05, 0.1) is 31.4 Å². The van der Waals surface area contributed by atoms with Gasteiger partial charge in [-0.05, 0) is 30.3 Å². The van der Waals surface area contributed by atoms with Gasteiger partial charge in [-0.3, -0.25) is 4.79 Å². The Morgan fingerprint density at radius 2 is 1.94 bits per heavy atom. The lowest BCUT2D eigenvalue weighted by Crippen LogP contribution is -2.52. The van der Waals surface area contributed by atoms with Crippen molar-refractivity contribution in [3.8, 4) is 0 Å². The molecule has 3 amide bonds. The Kier molecular flexibility index (Phi) is 8.29. The molecule has 2 aromatic rings. The van der Waals surface area contributed by atoms with E-state index in [1.807, 2.05) is 18.2 Å². The van der Waals surface area contributed by atoms with Crippen LogP contribution < -0.4 is 5.32 Å². The largest absolute Gasteiger partial charge is 0.416 e. The quantitative estimate of drug-likeness (QED) is 0.677. The third kappa shape index (κ3) is 6.93. The number of nitrogens with one attached hydrogen (secondary N) is 1. The number of urea groups is 1. The Morgan fingerprint density at radius 3 is 2.64 bits per heavy atom. The second-order valence-corrected chi connectivity index (χ2v) is 7.56. The number of benzene rings is 2. The number of hydrogen-bond acceptors (Lipinski definition) is 4. The standard InChI is InChI=1S/C23H26F3N3O4/c1-32-12-10-28(21(30)17-6-5-7-18(14-17)23(24,25)26)15-20-16-29(11-13-33-20)22(31)27-19-8-3-2-4-9-19/h2-9,14,20H,10-13,15-16H2,1H3,(H,27,31)/t20-/m0/s1. The van der Waals surface area contributed by atoms with E-state index in [-0.39, 0.29) is 44.4 Å². The fourth-order valence-corrected chi connectivity index (χ4v) is 3.47. The number of para-hydroxylation sites is 1. The number of anilines is 1. The van der Waals surface area contributed by atoms with E-state index in [2.05, 4.69) is 5.32 Å². The first-order valence-corrected chi connectivity index (χ1v) is 10.5. The number of hydrogen-bond donors (Lipinski definition) is 1. The summed E-state index contributed by atoms with van der Waals surface area (Å²) in [5, 5.41) is 2.81. The van der Waals surface area contributed by atoms with Crippen LogP contribution in [-0.2, 0) is 15.7 Å². The van der Waals surface area contributed by atoms with Gasteiger partial charge in [-0.1, -0.05) is 24.3 Å². The third-order valence-corrected chi connectivity index (χ3v) is 5.16. The molecule has 2 aromatic carbocycles. The summed E-state index contributed by atoms with van der Waals surface area (Å²) in [6, 6.07) is 13.0. The number of alkyl halides is 3. The van der Waals surface area contributed by atoms with Crippen molar-refractivity contribution < 1.29 is 32.2 Å². The normalized spacial score (nSPS) is 16.4. The van der Waals surface area contributed by atoms with Gasteiger partial charge in [0.1, 0.15) is 0 Å². The summed E-state index contributed by atoms with van der Waals surface area (Å²) in [6.45, 7) is 1.38. The van der Waals surface area contributed by atoms with E-state index in [0.29, 0.717) is 12.2 Å². The number of halogens is 3. The van der Waals surface area contributed by atoms with Crippen molar-refractivity contribution >= 4 is 17.6 Å². The molecule has 3 rings (SSSR count). The highest BCUT2D eigenvalue weighted by Crippen LogP contribution is 2.29. The molecule has 0 spiro atoms. The summed E-state index contributed by atoms with van der Waals surface area (Å²) >= 11 is 0. The van der Waals surface area contributed by atoms with Crippen LogP contribution in [0, 0.1) is 0 Å². The van der Waals surface area contributed by atoms with E-state index in [4.69, 9.17) is 9.47 Å². The molecule has 7 nitrogen and oxygen atoms in total. The van der Waals surface area contributed by atoms with E-state index in [1.165, 1.54) is 24.1 Å². The molecule has 178 valence electrons. The maximum Gasteiger partial charge on any atom is 0.416 e. The van der Waals surface area contributed by atoms with Crippen LogP contribution in [0.4, 0.5) is 23.7 Å². The summed E-state index contributed by atoms with van der Waals surface area (Å²) in [4.78, 5) is 28.6. The van der Waals surface area contributed by atoms with Gasteiger partial charge in [0, 0.05) is 38.0 Å². The van der Waals surface area contributed by atoms with E-state index in [1.54, 1.807) is 17.0 Å². The molecule has 1 aliphatic rings. The maximum absolute atomic E-state index is 13.1. The molecule has 1 fully saturated rings.